The Morgan fingerprint density at radius 1 is 1.42 bits per heavy atom. The minimum atomic E-state index is -0.989. The second-order valence-corrected chi connectivity index (χ2v) is 6.15. The van der Waals surface area contributed by atoms with Crippen LogP contribution in [0.2, 0.25) is 0 Å². The fourth-order valence-corrected chi connectivity index (χ4v) is 3.12. The highest BCUT2D eigenvalue weighted by Gasteiger charge is 2.23. The normalized spacial score (nSPS) is 18.5. The van der Waals surface area contributed by atoms with Gasteiger partial charge in [0, 0.05) is 24.8 Å². The topological polar surface area (TPSA) is 80.5 Å². The molecule has 3 rings (SSSR count). The molecule has 1 atom stereocenters. The van der Waals surface area contributed by atoms with E-state index in [0.717, 1.165) is 43.7 Å². The summed E-state index contributed by atoms with van der Waals surface area (Å²) in [5, 5.41) is 13.2. The second kappa shape index (κ2) is 7.00. The molecule has 0 aliphatic carbocycles. The molecule has 1 N–H and O–H groups in total. The lowest BCUT2D eigenvalue weighted by atomic mass is 10.1. The van der Waals surface area contributed by atoms with Gasteiger partial charge in [0.2, 0.25) is 5.88 Å². The van der Waals surface area contributed by atoms with Crippen molar-refractivity contribution < 1.29 is 14.6 Å². The smallest absolute Gasteiger partial charge is 0.356 e. The molecule has 2 aromatic rings. The Morgan fingerprint density at radius 2 is 2.25 bits per heavy atom. The van der Waals surface area contributed by atoms with Crippen LogP contribution in [0.3, 0.4) is 0 Å². The molecule has 1 aliphatic heterocycles. The van der Waals surface area contributed by atoms with Crippen LogP contribution in [0.15, 0.2) is 24.4 Å². The number of aromatic carboxylic acids is 1. The third-order valence-electron chi connectivity index (χ3n) is 4.37. The fourth-order valence-electron chi connectivity index (χ4n) is 3.12. The number of pyridine rings is 1. The number of methoxy groups -OCH3 is 1. The number of carboxylic acid groups (broad SMARTS) is 1. The van der Waals surface area contributed by atoms with Gasteiger partial charge < -0.3 is 9.84 Å². The van der Waals surface area contributed by atoms with Crippen LogP contribution in [0.1, 0.15) is 40.6 Å². The third kappa shape index (κ3) is 3.56. The second-order valence-electron chi connectivity index (χ2n) is 6.15. The largest absolute Gasteiger partial charge is 0.481 e. The van der Waals surface area contributed by atoms with Crippen LogP contribution in [0.5, 0.6) is 5.88 Å². The highest BCUT2D eigenvalue weighted by atomic mass is 16.5. The first kappa shape index (κ1) is 16.4. The molecule has 24 heavy (non-hydrogen) atoms. The van der Waals surface area contributed by atoms with E-state index in [2.05, 4.69) is 15.0 Å². The predicted molar refractivity (Wildman–Crippen MR) is 88.3 cm³/mol. The number of hydrogen-bond acceptors (Lipinski definition) is 5. The van der Waals surface area contributed by atoms with Gasteiger partial charge in [0.1, 0.15) is 0 Å². The summed E-state index contributed by atoms with van der Waals surface area (Å²) < 4.78 is 7.07. The van der Waals surface area contributed by atoms with Crippen LogP contribution < -0.4 is 4.74 Å². The van der Waals surface area contributed by atoms with Crippen LogP contribution in [0, 0.1) is 6.92 Å². The molecule has 0 amide bonds. The molecule has 0 saturated carbocycles. The van der Waals surface area contributed by atoms with E-state index in [1.54, 1.807) is 24.1 Å². The lowest BCUT2D eigenvalue weighted by Gasteiger charge is -2.32. The maximum absolute atomic E-state index is 11.0. The summed E-state index contributed by atoms with van der Waals surface area (Å²) in [6, 6.07) is 5.79. The van der Waals surface area contributed by atoms with Gasteiger partial charge in [-0.1, -0.05) is 6.07 Å². The standard InChI is InChI=1S/C17H22N4O3/c1-12-5-6-13(18-16(12)24-2)10-20-8-3-4-14(11-20)21-9-7-15(19-21)17(22)23/h5-7,9,14H,3-4,8,10-11H2,1-2H3,(H,22,23). The van der Waals surface area contributed by atoms with Crippen LogP contribution >= 0.6 is 0 Å². The van der Waals surface area contributed by atoms with Crippen molar-refractivity contribution in [1.29, 1.82) is 0 Å². The fraction of sp³-hybridized carbons (Fsp3) is 0.471. The highest BCUT2D eigenvalue weighted by Crippen LogP contribution is 2.23. The van der Waals surface area contributed by atoms with Gasteiger partial charge in [-0.05, 0) is 38.4 Å². The van der Waals surface area contributed by atoms with Crippen molar-refractivity contribution in [3.63, 3.8) is 0 Å². The summed E-state index contributed by atoms with van der Waals surface area (Å²) >= 11 is 0. The number of likely N-dealkylation sites (tertiary alicyclic amines) is 1. The van der Waals surface area contributed by atoms with Gasteiger partial charge in [-0.15, -0.1) is 0 Å². The Kier molecular flexibility index (Phi) is 4.80. The summed E-state index contributed by atoms with van der Waals surface area (Å²) in [6.45, 7) is 4.56. The summed E-state index contributed by atoms with van der Waals surface area (Å²) in [5.74, 6) is -0.323. The zero-order valence-electron chi connectivity index (χ0n) is 14.0. The molecule has 3 heterocycles. The Bertz CT molecular complexity index is 728. The summed E-state index contributed by atoms with van der Waals surface area (Å²) in [7, 11) is 1.63. The highest BCUT2D eigenvalue weighted by molar-refractivity contribution is 5.85. The van der Waals surface area contributed by atoms with Gasteiger partial charge in [0.05, 0.1) is 18.8 Å². The van der Waals surface area contributed by atoms with Crippen molar-refractivity contribution in [3.8, 4) is 5.88 Å². The van der Waals surface area contributed by atoms with E-state index in [1.165, 1.54) is 0 Å². The first-order valence-corrected chi connectivity index (χ1v) is 8.08. The van der Waals surface area contributed by atoms with E-state index in [-0.39, 0.29) is 11.7 Å². The predicted octanol–water partition coefficient (Wildman–Crippen LogP) is 2.13. The number of ether oxygens (including phenoxy) is 1. The van der Waals surface area contributed by atoms with E-state index in [4.69, 9.17) is 9.84 Å². The summed E-state index contributed by atoms with van der Waals surface area (Å²) in [4.78, 5) is 17.9. The van der Waals surface area contributed by atoms with Crippen molar-refractivity contribution in [3.05, 3.63) is 41.3 Å². The average Bonchev–Trinajstić information content (AvgIpc) is 3.07. The molecule has 2 aromatic heterocycles. The summed E-state index contributed by atoms with van der Waals surface area (Å²) in [6.07, 6.45) is 3.81. The van der Waals surface area contributed by atoms with Gasteiger partial charge in [-0.3, -0.25) is 9.58 Å². The monoisotopic (exact) mass is 330 g/mol. The lowest BCUT2D eigenvalue weighted by Crippen LogP contribution is -2.36. The third-order valence-corrected chi connectivity index (χ3v) is 4.37. The minimum Gasteiger partial charge on any atom is -0.481 e. The number of nitrogens with zero attached hydrogens (tertiary/aromatic N) is 4. The van der Waals surface area contributed by atoms with Crippen LogP contribution in [0.25, 0.3) is 0 Å². The Balaban J connectivity index is 1.68. The molecular formula is C17H22N4O3. The van der Waals surface area contributed by atoms with Crippen molar-refractivity contribution in [2.45, 2.75) is 32.4 Å². The Labute approximate surface area is 140 Å². The molecule has 0 radical (unpaired) electrons. The number of aryl methyl sites for hydroxylation is 1. The van der Waals surface area contributed by atoms with Crippen LogP contribution in [-0.4, -0.2) is 50.9 Å². The van der Waals surface area contributed by atoms with E-state index in [1.807, 2.05) is 19.1 Å². The average molecular weight is 330 g/mol. The van der Waals surface area contributed by atoms with Crippen LogP contribution in [0.4, 0.5) is 0 Å². The van der Waals surface area contributed by atoms with E-state index in [9.17, 15) is 4.79 Å². The number of carbonyl (C=O) groups is 1. The zero-order valence-corrected chi connectivity index (χ0v) is 14.0. The molecular weight excluding hydrogens is 308 g/mol. The molecule has 7 nitrogen and oxygen atoms in total. The maximum Gasteiger partial charge on any atom is 0.356 e. The molecule has 0 spiro atoms. The zero-order chi connectivity index (χ0) is 17.1. The first-order valence-electron chi connectivity index (χ1n) is 8.08. The lowest BCUT2D eigenvalue weighted by molar-refractivity contribution is 0.0688. The number of piperidine rings is 1. The SMILES string of the molecule is COc1nc(CN2CCCC(n3ccc(C(=O)O)n3)C2)ccc1C. The van der Waals surface area contributed by atoms with E-state index in [0.29, 0.717) is 5.88 Å². The Hall–Kier alpha value is -2.41. The van der Waals surface area contributed by atoms with Crippen molar-refractivity contribution in [1.82, 2.24) is 19.7 Å². The van der Waals surface area contributed by atoms with E-state index >= 15 is 0 Å². The number of hydrogen-bond donors (Lipinski definition) is 1. The molecule has 1 fully saturated rings. The first-order chi connectivity index (χ1) is 11.6. The maximum atomic E-state index is 11.0. The molecule has 1 unspecified atom stereocenters. The van der Waals surface area contributed by atoms with Gasteiger partial charge >= 0.3 is 5.97 Å². The number of rotatable bonds is 5. The molecule has 7 heteroatoms. The van der Waals surface area contributed by atoms with Gasteiger partial charge in [-0.25, -0.2) is 9.78 Å². The molecule has 0 bridgehead atoms. The van der Waals surface area contributed by atoms with Gasteiger partial charge in [0.15, 0.2) is 5.69 Å². The minimum absolute atomic E-state index is 0.0945. The quantitative estimate of drug-likeness (QED) is 0.904. The number of aromatic nitrogens is 3. The van der Waals surface area contributed by atoms with Crippen molar-refractivity contribution in [2.24, 2.45) is 0 Å². The van der Waals surface area contributed by atoms with Crippen molar-refractivity contribution >= 4 is 5.97 Å². The van der Waals surface area contributed by atoms with E-state index < -0.39 is 5.97 Å². The molecule has 1 aliphatic rings. The molecule has 0 aromatic carbocycles. The van der Waals surface area contributed by atoms with Gasteiger partial charge in [0.25, 0.3) is 0 Å². The Morgan fingerprint density at radius 3 is 2.96 bits per heavy atom. The van der Waals surface area contributed by atoms with Crippen LogP contribution in [-0.2, 0) is 6.54 Å². The molecule has 1 saturated heterocycles. The van der Waals surface area contributed by atoms with Gasteiger partial charge in [-0.2, -0.15) is 5.10 Å². The summed E-state index contributed by atoms with van der Waals surface area (Å²) in [5.41, 5.74) is 2.09. The molecule has 128 valence electrons. The van der Waals surface area contributed by atoms with Crippen molar-refractivity contribution in [2.75, 3.05) is 20.2 Å². The number of carboxylic acids is 1.